The first-order valence-corrected chi connectivity index (χ1v) is 8.29. The van der Waals surface area contributed by atoms with Crippen LogP contribution in [0.4, 0.5) is 5.82 Å². The van der Waals surface area contributed by atoms with Crippen molar-refractivity contribution in [2.24, 2.45) is 0 Å². The van der Waals surface area contributed by atoms with E-state index in [9.17, 15) is 0 Å². The molecule has 2 aromatic heterocycles. The molecule has 1 N–H and O–H groups in total. The van der Waals surface area contributed by atoms with Crippen LogP contribution in [-0.4, -0.2) is 18.1 Å². The molecule has 0 saturated carbocycles. The van der Waals surface area contributed by atoms with E-state index in [0.717, 1.165) is 24.6 Å². The summed E-state index contributed by atoms with van der Waals surface area (Å²) in [7, 11) is 2.12. The van der Waals surface area contributed by atoms with E-state index < -0.39 is 0 Å². The van der Waals surface area contributed by atoms with Crippen LogP contribution in [0.25, 0.3) is 0 Å². The van der Waals surface area contributed by atoms with Crippen LogP contribution in [0.2, 0.25) is 0 Å². The fourth-order valence-corrected chi connectivity index (χ4v) is 3.15. The number of thiophene rings is 1. The van der Waals surface area contributed by atoms with Gasteiger partial charge in [0, 0.05) is 35.8 Å². The molecule has 0 aromatic carbocycles. The summed E-state index contributed by atoms with van der Waals surface area (Å²) in [5.41, 5.74) is 3.69. The summed E-state index contributed by atoms with van der Waals surface area (Å²) in [5.74, 6) is 1.09. The Morgan fingerprint density at radius 2 is 2.10 bits per heavy atom. The first-order chi connectivity index (χ1) is 9.97. The summed E-state index contributed by atoms with van der Waals surface area (Å²) in [6.07, 6.45) is 0. The minimum atomic E-state index is 0.473. The van der Waals surface area contributed by atoms with Crippen molar-refractivity contribution in [3.05, 3.63) is 45.3 Å². The van der Waals surface area contributed by atoms with E-state index in [-0.39, 0.29) is 0 Å². The lowest BCUT2D eigenvalue weighted by molar-refractivity contribution is 0.585. The molecule has 4 heteroatoms. The minimum Gasteiger partial charge on any atom is -0.354 e. The fourth-order valence-electron chi connectivity index (χ4n) is 2.40. The van der Waals surface area contributed by atoms with Crippen molar-refractivity contribution in [1.29, 1.82) is 0 Å². The maximum atomic E-state index is 4.78. The summed E-state index contributed by atoms with van der Waals surface area (Å²) in [5, 5.41) is 5.64. The van der Waals surface area contributed by atoms with Crippen molar-refractivity contribution in [2.75, 3.05) is 11.9 Å². The van der Waals surface area contributed by atoms with Gasteiger partial charge in [-0.1, -0.05) is 19.9 Å². The van der Waals surface area contributed by atoms with Gasteiger partial charge in [-0.25, -0.2) is 4.98 Å². The molecule has 2 aromatic rings. The third kappa shape index (κ3) is 4.29. The molecule has 0 saturated heterocycles. The van der Waals surface area contributed by atoms with Crippen LogP contribution in [-0.2, 0) is 13.1 Å². The molecular weight excluding hydrogens is 278 g/mol. The standard InChI is InChI=1S/C17H25N3S/c1-12(2)18-10-16-13(3)9-14(4)19-17(16)20(5)11-15-7-6-8-21-15/h6-9,12,18H,10-11H2,1-5H3. The molecule has 0 amide bonds. The monoisotopic (exact) mass is 303 g/mol. The van der Waals surface area contributed by atoms with Crippen molar-refractivity contribution in [3.8, 4) is 0 Å². The third-order valence-corrected chi connectivity index (χ3v) is 4.34. The second-order valence-corrected chi connectivity index (χ2v) is 6.89. The first-order valence-electron chi connectivity index (χ1n) is 7.41. The van der Waals surface area contributed by atoms with Crippen LogP contribution >= 0.6 is 11.3 Å². The molecule has 0 fully saturated rings. The van der Waals surface area contributed by atoms with E-state index in [4.69, 9.17) is 4.98 Å². The number of hydrogen-bond donors (Lipinski definition) is 1. The Balaban J connectivity index is 2.26. The van der Waals surface area contributed by atoms with Crippen molar-refractivity contribution in [2.45, 2.75) is 46.8 Å². The van der Waals surface area contributed by atoms with Crippen LogP contribution < -0.4 is 10.2 Å². The smallest absolute Gasteiger partial charge is 0.133 e. The molecule has 3 nitrogen and oxygen atoms in total. The van der Waals surface area contributed by atoms with Gasteiger partial charge in [0.2, 0.25) is 0 Å². The number of nitrogens with one attached hydrogen (secondary N) is 1. The van der Waals surface area contributed by atoms with E-state index in [1.165, 1.54) is 16.0 Å². The number of anilines is 1. The Morgan fingerprint density at radius 3 is 2.71 bits per heavy atom. The molecule has 0 aliphatic carbocycles. The number of rotatable bonds is 6. The zero-order chi connectivity index (χ0) is 15.4. The van der Waals surface area contributed by atoms with Gasteiger partial charge in [0.25, 0.3) is 0 Å². The van der Waals surface area contributed by atoms with Crippen LogP contribution in [0.1, 0.15) is 35.5 Å². The summed E-state index contributed by atoms with van der Waals surface area (Å²) in [6, 6.07) is 6.92. The van der Waals surface area contributed by atoms with Gasteiger partial charge in [-0.3, -0.25) is 0 Å². The second kappa shape index (κ2) is 7.05. The number of nitrogens with zero attached hydrogens (tertiary/aromatic N) is 2. The van der Waals surface area contributed by atoms with Crippen LogP contribution in [0.15, 0.2) is 23.6 Å². The Labute approximate surface area is 132 Å². The molecule has 114 valence electrons. The highest BCUT2D eigenvalue weighted by atomic mass is 32.1. The lowest BCUT2D eigenvalue weighted by Gasteiger charge is -2.23. The van der Waals surface area contributed by atoms with E-state index >= 15 is 0 Å². The van der Waals surface area contributed by atoms with Gasteiger partial charge in [0.05, 0.1) is 6.54 Å². The van der Waals surface area contributed by atoms with Gasteiger partial charge in [-0.2, -0.15) is 0 Å². The normalized spacial score (nSPS) is 11.1. The highest BCUT2D eigenvalue weighted by molar-refractivity contribution is 7.09. The molecular formula is C17H25N3S. The average molecular weight is 303 g/mol. The van der Waals surface area contributed by atoms with E-state index in [1.54, 1.807) is 11.3 Å². The van der Waals surface area contributed by atoms with Crippen molar-refractivity contribution in [3.63, 3.8) is 0 Å². The molecule has 0 spiro atoms. The van der Waals surface area contributed by atoms with Crippen LogP contribution in [0.3, 0.4) is 0 Å². The van der Waals surface area contributed by atoms with Gasteiger partial charge in [0.1, 0.15) is 5.82 Å². The van der Waals surface area contributed by atoms with E-state index in [1.807, 2.05) is 0 Å². The van der Waals surface area contributed by atoms with E-state index in [0.29, 0.717) is 6.04 Å². The SMILES string of the molecule is Cc1cc(C)c(CNC(C)C)c(N(C)Cc2cccs2)n1. The Kier molecular flexibility index (Phi) is 5.37. The highest BCUT2D eigenvalue weighted by Gasteiger charge is 2.14. The number of hydrogen-bond acceptors (Lipinski definition) is 4. The molecule has 2 rings (SSSR count). The lowest BCUT2D eigenvalue weighted by atomic mass is 10.1. The first kappa shape index (κ1) is 16.0. The van der Waals surface area contributed by atoms with Crippen molar-refractivity contribution in [1.82, 2.24) is 10.3 Å². The van der Waals surface area contributed by atoms with Gasteiger partial charge in [0.15, 0.2) is 0 Å². The lowest BCUT2D eigenvalue weighted by Crippen LogP contribution is -2.26. The van der Waals surface area contributed by atoms with Crippen LogP contribution in [0.5, 0.6) is 0 Å². The quantitative estimate of drug-likeness (QED) is 0.877. The Bertz CT molecular complexity index is 576. The number of aromatic nitrogens is 1. The largest absolute Gasteiger partial charge is 0.354 e. The summed E-state index contributed by atoms with van der Waals surface area (Å²) < 4.78 is 0. The van der Waals surface area contributed by atoms with E-state index in [2.05, 4.69) is 68.5 Å². The predicted molar refractivity (Wildman–Crippen MR) is 92.1 cm³/mol. The maximum absolute atomic E-state index is 4.78. The number of pyridine rings is 1. The summed E-state index contributed by atoms with van der Waals surface area (Å²) in [6.45, 7) is 10.4. The fraction of sp³-hybridized carbons (Fsp3) is 0.471. The second-order valence-electron chi connectivity index (χ2n) is 5.85. The summed E-state index contributed by atoms with van der Waals surface area (Å²) >= 11 is 1.79. The Morgan fingerprint density at radius 1 is 1.33 bits per heavy atom. The van der Waals surface area contributed by atoms with Gasteiger partial charge in [-0.15, -0.1) is 11.3 Å². The third-order valence-electron chi connectivity index (χ3n) is 3.48. The zero-order valence-electron chi connectivity index (χ0n) is 13.6. The molecule has 0 unspecified atom stereocenters. The van der Waals surface area contributed by atoms with Gasteiger partial charge >= 0.3 is 0 Å². The van der Waals surface area contributed by atoms with Crippen molar-refractivity contribution >= 4 is 17.2 Å². The van der Waals surface area contributed by atoms with Crippen molar-refractivity contribution < 1.29 is 0 Å². The van der Waals surface area contributed by atoms with Crippen LogP contribution in [0, 0.1) is 13.8 Å². The highest BCUT2D eigenvalue weighted by Crippen LogP contribution is 2.24. The maximum Gasteiger partial charge on any atom is 0.133 e. The topological polar surface area (TPSA) is 28.2 Å². The number of aryl methyl sites for hydroxylation is 2. The molecule has 2 heterocycles. The molecule has 0 atom stereocenters. The summed E-state index contributed by atoms with van der Waals surface area (Å²) in [4.78, 5) is 8.40. The Hall–Kier alpha value is -1.39. The molecule has 21 heavy (non-hydrogen) atoms. The molecule has 0 bridgehead atoms. The van der Waals surface area contributed by atoms with Gasteiger partial charge in [-0.05, 0) is 36.9 Å². The zero-order valence-corrected chi connectivity index (χ0v) is 14.4. The molecule has 0 radical (unpaired) electrons. The molecule has 0 aliphatic heterocycles. The van der Waals surface area contributed by atoms with Gasteiger partial charge < -0.3 is 10.2 Å². The minimum absolute atomic E-state index is 0.473. The predicted octanol–water partition coefficient (Wildman–Crippen LogP) is 3.89. The average Bonchev–Trinajstić information content (AvgIpc) is 2.89. The molecule has 0 aliphatic rings.